The number of carbonyl (C=O) groups excluding carboxylic acids is 2. The number of allylic oxidation sites excluding steroid dienone is 1. The lowest BCUT2D eigenvalue weighted by Crippen LogP contribution is -2.40. The van der Waals surface area contributed by atoms with Crippen LogP contribution in [-0.4, -0.2) is 24.3 Å². The molecule has 4 heteroatoms. The molecule has 0 fully saturated rings. The highest BCUT2D eigenvalue weighted by Crippen LogP contribution is 1.91. The van der Waals surface area contributed by atoms with Crippen LogP contribution in [0.1, 0.15) is 26.2 Å². The third-order valence-electron chi connectivity index (χ3n) is 1.90. The van der Waals surface area contributed by atoms with Gasteiger partial charge in [-0.2, -0.15) is 0 Å². The molecule has 0 rings (SSSR count). The first-order valence-corrected chi connectivity index (χ1v) is 4.80. The lowest BCUT2D eigenvalue weighted by atomic mass is 10.2. The van der Waals surface area contributed by atoms with Gasteiger partial charge in [-0.3, -0.25) is 9.59 Å². The fraction of sp³-hybridized carbons (Fsp3) is 0.600. The predicted octanol–water partition coefficient (Wildman–Crippen LogP) is 0.375. The van der Waals surface area contributed by atoms with Crippen molar-refractivity contribution < 1.29 is 9.59 Å². The Labute approximate surface area is 84.5 Å². The third kappa shape index (κ3) is 5.48. The molecular formula is C10H18N2O2. The summed E-state index contributed by atoms with van der Waals surface area (Å²) in [5.74, 6) is -0.155. The van der Waals surface area contributed by atoms with Crippen molar-refractivity contribution in [1.82, 2.24) is 5.32 Å². The van der Waals surface area contributed by atoms with Crippen molar-refractivity contribution in [3.05, 3.63) is 12.7 Å². The van der Waals surface area contributed by atoms with Crippen LogP contribution in [0.4, 0.5) is 0 Å². The van der Waals surface area contributed by atoms with Crippen molar-refractivity contribution in [2.75, 3.05) is 6.54 Å². The summed E-state index contributed by atoms with van der Waals surface area (Å²) in [5, 5.41) is 2.66. The van der Waals surface area contributed by atoms with E-state index in [0.717, 1.165) is 0 Å². The number of rotatable bonds is 7. The van der Waals surface area contributed by atoms with Crippen LogP contribution in [0.25, 0.3) is 0 Å². The van der Waals surface area contributed by atoms with Crippen LogP contribution in [0, 0.1) is 0 Å². The average molecular weight is 198 g/mol. The van der Waals surface area contributed by atoms with E-state index in [0.29, 0.717) is 25.8 Å². The van der Waals surface area contributed by atoms with Crippen LogP contribution >= 0.6 is 0 Å². The number of nitrogens with one attached hydrogen (secondary N) is 1. The molecule has 0 aromatic rings. The Morgan fingerprint density at radius 3 is 2.71 bits per heavy atom. The zero-order valence-electron chi connectivity index (χ0n) is 8.58. The van der Waals surface area contributed by atoms with E-state index in [2.05, 4.69) is 11.9 Å². The largest absolute Gasteiger partial charge is 0.355 e. The zero-order chi connectivity index (χ0) is 11.0. The van der Waals surface area contributed by atoms with Gasteiger partial charge in [0, 0.05) is 13.0 Å². The van der Waals surface area contributed by atoms with E-state index < -0.39 is 6.04 Å². The average Bonchev–Trinajstić information content (AvgIpc) is 2.22. The van der Waals surface area contributed by atoms with Crippen molar-refractivity contribution in [2.45, 2.75) is 32.2 Å². The van der Waals surface area contributed by atoms with E-state index in [1.54, 1.807) is 0 Å². The van der Waals surface area contributed by atoms with Gasteiger partial charge in [-0.05, 0) is 18.9 Å². The molecule has 0 aliphatic heterocycles. The van der Waals surface area contributed by atoms with Gasteiger partial charge < -0.3 is 11.1 Å². The lowest BCUT2D eigenvalue weighted by Gasteiger charge is -2.08. The van der Waals surface area contributed by atoms with Crippen molar-refractivity contribution in [3.63, 3.8) is 0 Å². The number of ketones is 1. The van der Waals surface area contributed by atoms with Gasteiger partial charge in [0.05, 0.1) is 6.04 Å². The van der Waals surface area contributed by atoms with E-state index in [1.165, 1.54) is 6.08 Å². The normalized spacial score (nSPS) is 11.9. The molecule has 4 nitrogen and oxygen atoms in total. The highest BCUT2D eigenvalue weighted by atomic mass is 16.2. The minimum atomic E-state index is -0.440. The standard InChI is InChI=1S/C10H18N2O2/c1-3-8(13)6-5-7-12-10(14)9(11)4-2/h3,9H,1,4-7,11H2,2H3,(H,12,14). The second-order valence-electron chi connectivity index (χ2n) is 3.08. The molecule has 0 saturated carbocycles. The molecule has 14 heavy (non-hydrogen) atoms. The minimum Gasteiger partial charge on any atom is -0.355 e. The van der Waals surface area contributed by atoms with Gasteiger partial charge in [0.1, 0.15) is 0 Å². The highest BCUT2D eigenvalue weighted by Gasteiger charge is 2.09. The van der Waals surface area contributed by atoms with Crippen molar-refractivity contribution in [2.24, 2.45) is 5.73 Å². The van der Waals surface area contributed by atoms with Crippen LogP contribution in [-0.2, 0) is 9.59 Å². The van der Waals surface area contributed by atoms with Gasteiger partial charge in [0.15, 0.2) is 5.78 Å². The monoisotopic (exact) mass is 198 g/mol. The molecule has 0 spiro atoms. The maximum absolute atomic E-state index is 11.1. The first-order chi connectivity index (χ1) is 6.61. The van der Waals surface area contributed by atoms with E-state index in [1.807, 2.05) is 6.92 Å². The number of hydrogen-bond acceptors (Lipinski definition) is 3. The lowest BCUT2D eigenvalue weighted by molar-refractivity contribution is -0.122. The van der Waals surface area contributed by atoms with E-state index in [-0.39, 0.29) is 11.7 Å². The van der Waals surface area contributed by atoms with Gasteiger partial charge in [-0.15, -0.1) is 0 Å². The summed E-state index contributed by atoms with van der Waals surface area (Å²) in [4.78, 5) is 21.9. The summed E-state index contributed by atoms with van der Waals surface area (Å²) in [5.41, 5.74) is 5.49. The summed E-state index contributed by atoms with van der Waals surface area (Å²) in [7, 11) is 0. The summed E-state index contributed by atoms with van der Waals surface area (Å²) in [6.07, 6.45) is 2.97. The van der Waals surface area contributed by atoms with Crippen molar-refractivity contribution >= 4 is 11.7 Å². The molecule has 0 saturated heterocycles. The molecule has 1 atom stereocenters. The Morgan fingerprint density at radius 2 is 2.21 bits per heavy atom. The van der Waals surface area contributed by atoms with Gasteiger partial charge in [0.2, 0.25) is 5.91 Å². The van der Waals surface area contributed by atoms with Crippen LogP contribution in [0.3, 0.4) is 0 Å². The number of carbonyl (C=O) groups is 2. The van der Waals surface area contributed by atoms with Crippen molar-refractivity contribution in [3.8, 4) is 0 Å². The Morgan fingerprint density at radius 1 is 1.57 bits per heavy atom. The second kappa shape index (κ2) is 7.26. The van der Waals surface area contributed by atoms with Crippen LogP contribution in [0.5, 0.6) is 0 Å². The summed E-state index contributed by atoms with van der Waals surface area (Å²) in [6.45, 7) is 5.70. The molecule has 0 aromatic carbocycles. The van der Waals surface area contributed by atoms with Crippen molar-refractivity contribution in [1.29, 1.82) is 0 Å². The fourth-order valence-electron chi connectivity index (χ4n) is 0.893. The summed E-state index contributed by atoms with van der Waals surface area (Å²) >= 11 is 0. The molecule has 3 N–H and O–H groups in total. The molecule has 0 radical (unpaired) electrons. The summed E-state index contributed by atoms with van der Waals surface area (Å²) in [6, 6.07) is -0.440. The molecule has 0 aliphatic carbocycles. The van der Waals surface area contributed by atoms with Gasteiger partial charge >= 0.3 is 0 Å². The zero-order valence-corrected chi connectivity index (χ0v) is 8.58. The highest BCUT2D eigenvalue weighted by molar-refractivity contribution is 5.89. The Bertz CT molecular complexity index is 214. The van der Waals surface area contributed by atoms with Crippen LogP contribution in [0.2, 0.25) is 0 Å². The first-order valence-electron chi connectivity index (χ1n) is 4.80. The third-order valence-corrected chi connectivity index (χ3v) is 1.90. The maximum Gasteiger partial charge on any atom is 0.236 e. The molecule has 0 heterocycles. The quantitative estimate of drug-likeness (QED) is 0.458. The number of amides is 1. The number of hydrogen-bond donors (Lipinski definition) is 2. The minimum absolute atomic E-state index is 0.000890. The molecule has 0 aliphatic rings. The smallest absolute Gasteiger partial charge is 0.236 e. The van der Waals surface area contributed by atoms with Crippen LogP contribution in [0.15, 0.2) is 12.7 Å². The first kappa shape index (κ1) is 12.8. The predicted molar refractivity (Wildman–Crippen MR) is 55.7 cm³/mol. The van der Waals surface area contributed by atoms with E-state index >= 15 is 0 Å². The molecule has 0 aromatic heterocycles. The molecule has 80 valence electrons. The molecule has 0 bridgehead atoms. The summed E-state index contributed by atoms with van der Waals surface area (Å²) < 4.78 is 0. The van der Waals surface area contributed by atoms with Gasteiger partial charge in [-0.1, -0.05) is 13.5 Å². The second-order valence-corrected chi connectivity index (χ2v) is 3.08. The van der Waals surface area contributed by atoms with Gasteiger partial charge in [0.25, 0.3) is 0 Å². The fourth-order valence-corrected chi connectivity index (χ4v) is 0.893. The SMILES string of the molecule is C=CC(=O)CCCNC(=O)C(N)CC. The Hall–Kier alpha value is -1.16. The molecular weight excluding hydrogens is 180 g/mol. The molecule has 1 amide bonds. The van der Waals surface area contributed by atoms with Crippen LogP contribution < -0.4 is 11.1 Å². The maximum atomic E-state index is 11.1. The molecule has 1 unspecified atom stereocenters. The van der Waals surface area contributed by atoms with Gasteiger partial charge in [-0.25, -0.2) is 0 Å². The number of nitrogens with two attached hydrogens (primary N) is 1. The van der Waals surface area contributed by atoms with E-state index in [9.17, 15) is 9.59 Å². The topological polar surface area (TPSA) is 72.2 Å². The Balaban J connectivity index is 3.50. The Kier molecular flexibility index (Phi) is 6.66. The van der Waals surface area contributed by atoms with E-state index in [4.69, 9.17) is 5.73 Å².